The first kappa shape index (κ1) is 35.5. The minimum absolute atomic E-state index is 0.0761. The van der Waals surface area contributed by atoms with Crippen molar-refractivity contribution in [1.29, 1.82) is 0 Å². The van der Waals surface area contributed by atoms with E-state index in [0.717, 1.165) is 12.8 Å². The molecule has 9 aromatic rings. The summed E-state index contributed by atoms with van der Waals surface area (Å²) in [6.07, 6.45) is 4.45. The van der Waals surface area contributed by atoms with Gasteiger partial charge in [0.25, 0.3) is 0 Å². The number of fused-ring (bicyclic) bond motifs is 8. The van der Waals surface area contributed by atoms with E-state index in [1.165, 1.54) is 105 Å². The minimum atomic E-state index is -0.185. The van der Waals surface area contributed by atoms with Crippen molar-refractivity contribution in [1.82, 2.24) is 4.57 Å². The normalized spacial score (nSPS) is 14.9. The molecule has 2 heteroatoms. The molecule has 1 aromatic heterocycles. The van der Waals surface area contributed by atoms with E-state index in [9.17, 15) is 0 Å². The quantitative estimate of drug-likeness (QED) is 0.159. The number of hydrogen-bond donors (Lipinski definition) is 0. The monoisotopic (exact) mass is 760 g/mol. The molecule has 11 rings (SSSR count). The second-order valence-corrected chi connectivity index (χ2v) is 18.1. The van der Waals surface area contributed by atoms with Crippen LogP contribution in [0.2, 0.25) is 0 Å². The fourth-order valence-electron chi connectivity index (χ4n) is 10.4. The predicted molar refractivity (Wildman–Crippen MR) is 252 cm³/mol. The molecule has 2 aliphatic rings. The lowest BCUT2D eigenvalue weighted by atomic mass is 9.79. The van der Waals surface area contributed by atoms with Crippen LogP contribution >= 0.6 is 0 Å². The molecule has 0 bridgehead atoms. The number of benzene rings is 8. The van der Waals surface area contributed by atoms with Crippen molar-refractivity contribution in [3.63, 3.8) is 0 Å². The van der Waals surface area contributed by atoms with Crippen LogP contribution < -0.4 is 4.90 Å². The predicted octanol–water partition coefficient (Wildman–Crippen LogP) is 15.6. The van der Waals surface area contributed by atoms with Gasteiger partial charge in [0.05, 0.1) is 22.4 Å². The fraction of sp³-hybridized carbons (Fsp3) is 0.158. The standard InChI is InChI=1S/C57H48N2/c1-56(2,3)49-35-39(30-32-42(49)37-18-7-6-8-19-37)58(54-34-38-20-9-10-21-41(38)43-22-11-12-23-44(43)54)40-31-33-47-50(36-40)57(4,5)48-26-17-29-53(55(47)48)59-51-27-15-13-24-45(51)46-25-14-16-28-52(46)59/h6-30,32,34-36H,31,33H2,1-5H3. The third-order valence-electron chi connectivity index (χ3n) is 13.2. The van der Waals surface area contributed by atoms with E-state index in [1.54, 1.807) is 0 Å². The van der Waals surface area contributed by atoms with Crippen molar-refractivity contribution >= 4 is 60.3 Å². The number of anilines is 2. The Morgan fingerprint density at radius 3 is 1.90 bits per heavy atom. The Hall–Kier alpha value is -6.64. The van der Waals surface area contributed by atoms with E-state index in [1.807, 2.05) is 0 Å². The van der Waals surface area contributed by atoms with Gasteiger partial charge in [-0.3, -0.25) is 0 Å². The molecule has 0 atom stereocenters. The number of hydrogen-bond acceptors (Lipinski definition) is 1. The first-order valence-corrected chi connectivity index (χ1v) is 21.2. The zero-order valence-electron chi connectivity index (χ0n) is 34.6. The summed E-state index contributed by atoms with van der Waals surface area (Å²) in [5, 5.41) is 7.67. The van der Waals surface area contributed by atoms with Crippen LogP contribution in [0.3, 0.4) is 0 Å². The van der Waals surface area contributed by atoms with Crippen LogP contribution in [0, 0.1) is 0 Å². The van der Waals surface area contributed by atoms with Gasteiger partial charge in [-0.05, 0) is 110 Å². The molecule has 0 spiro atoms. The zero-order chi connectivity index (χ0) is 40.0. The molecule has 0 saturated carbocycles. The Morgan fingerprint density at radius 2 is 1.19 bits per heavy atom. The average molecular weight is 761 g/mol. The summed E-state index contributed by atoms with van der Waals surface area (Å²) in [6, 6.07) is 63.1. The number of aromatic nitrogens is 1. The Bertz CT molecular complexity index is 3170. The van der Waals surface area contributed by atoms with Crippen molar-refractivity contribution in [3.05, 3.63) is 204 Å². The van der Waals surface area contributed by atoms with Gasteiger partial charge in [-0.15, -0.1) is 0 Å². The fourth-order valence-corrected chi connectivity index (χ4v) is 10.4. The van der Waals surface area contributed by atoms with Gasteiger partial charge in [0.15, 0.2) is 0 Å². The lowest BCUT2D eigenvalue weighted by molar-refractivity contribution is 0.592. The highest BCUT2D eigenvalue weighted by atomic mass is 15.2. The molecule has 0 radical (unpaired) electrons. The first-order valence-electron chi connectivity index (χ1n) is 21.2. The van der Waals surface area contributed by atoms with E-state index in [2.05, 4.69) is 220 Å². The highest BCUT2D eigenvalue weighted by Crippen LogP contribution is 2.55. The summed E-state index contributed by atoms with van der Waals surface area (Å²) in [7, 11) is 0. The molecule has 2 aliphatic carbocycles. The summed E-state index contributed by atoms with van der Waals surface area (Å²) in [6.45, 7) is 11.9. The SMILES string of the molecule is CC(C)(C)c1cc(N(C2=CC3=C(CC2)c2c(-n4c5ccccc5c5ccccc54)cccc2C3(C)C)c2cc3ccccc3c3ccccc23)ccc1-c1ccccc1. The van der Waals surface area contributed by atoms with Crippen molar-refractivity contribution in [3.8, 4) is 16.8 Å². The molecule has 0 N–H and O–H groups in total. The van der Waals surface area contributed by atoms with E-state index in [4.69, 9.17) is 0 Å². The third kappa shape index (κ3) is 5.46. The molecule has 1 heterocycles. The van der Waals surface area contributed by atoms with Crippen LogP contribution in [0.5, 0.6) is 0 Å². The molecule has 0 aliphatic heterocycles. The van der Waals surface area contributed by atoms with E-state index < -0.39 is 0 Å². The van der Waals surface area contributed by atoms with Crippen molar-refractivity contribution in [2.75, 3.05) is 4.90 Å². The van der Waals surface area contributed by atoms with E-state index in [0.29, 0.717) is 0 Å². The zero-order valence-corrected chi connectivity index (χ0v) is 34.6. The molecule has 0 saturated heterocycles. The largest absolute Gasteiger partial charge is 0.314 e. The van der Waals surface area contributed by atoms with Gasteiger partial charge in [0, 0.05) is 38.5 Å². The lowest BCUT2D eigenvalue weighted by Gasteiger charge is -2.35. The van der Waals surface area contributed by atoms with Gasteiger partial charge in [-0.2, -0.15) is 0 Å². The van der Waals surface area contributed by atoms with Gasteiger partial charge in [0.2, 0.25) is 0 Å². The molecule has 286 valence electrons. The van der Waals surface area contributed by atoms with Crippen LogP contribution in [0.1, 0.15) is 64.2 Å². The van der Waals surface area contributed by atoms with Crippen LogP contribution in [0.25, 0.3) is 65.7 Å². The highest BCUT2D eigenvalue weighted by Gasteiger charge is 2.41. The molecule has 8 aromatic carbocycles. The van der Waals surface area contributed by atoms with Crippen LogP contribution in [0.4, 0.5) is 11.4 Å². The molecule has 0 unspecified atom stereocenters. The smallest absolute Gasteiger partial charge is 0.0543 e. The molecular formula is C57H48N2. The van der Waals surface area contributed by atoms with Crippen LogP contribution in [-0.4, -0.2) is 4.57 Å². The second kappa shape index (κ2) is 13.2. The Kier molecular flexibility index (Phi) is 7.94. The number of nitrogens with zero attached hydrogens (tertiary/aromatic N) is 2. The first-order chi connectivity index (χ1) is 28.7. The maximum atomic E-state index is 2.61. The van der Waals surface area contributed by atoms with E-state index in [-0.39, 0.29) is 10.8 Å². The van der Waals surface area contributed by atoms with Crippen molar-refractivity contribution in [2.24, 2.45) is 0 Å². The summed E-state index contributed by atoms with van der Waals surface area (Å²) < 4.78 is 2.52. The maximum Gasteiger partial charge on any atom is 0.0543 e. The maximum absolute atomic E-state index is 2.61. The Labute approximate surface area is 347 Å². The third-order valence-corrected chi connectivity index (χ3v) is 13.2. The van der Waals surface area contributed by atoms with Crippen LogP contribution in [0.15, 0.2) is 187 Å². The van der Waals surface area contributed by atoms with Gasteiger partial charge < -0.3 is 9.47 Å². The number of allylic oxidation sites excluding steroid dienone is 4. The Balaban J connectivity index is 1.16. The molecule has 2 nitrogen and oxygen atoms in total. The van der Waals surface area contributed by atoms with Gasteiger partial charge in [-0.1, -0.05) is 168 Å². The number of rotatable bonds is 5. The van der Waals surface area contributed by atoms with Gasteiger partial charge >= 0.3 is 0 Å². The summed E-state index contributed by atoms with van der Waals surface area (Å²) in [5.74, 6) is 0. The molecule has 0 fully saturated rings. The minimum Gasteiger partial charge on any atom is -0.314 e. The molecular weight excluding hydrogens is 713 g/mol. The summed E-state index contributed by atoms with van der Waals surface area (Å²) >= 11 is 0. The second-order valence-electron chi connectivity index (χ2n) is 18.1. The van der Waals surface area contributed by atoms with E-state index >= 15 is 0 Å². The van der Waals surface area contributed by atoms with Crippen molar-refractivity contribution < 1.29 is 0 Å². The molecule has 59 heavy (non-hydrogen) atoms. The lowest BCUT2D eigenvalue weighted by Crippen LogP contribution is -2.23. The molecule has 0 amide bonds. The highest BCUT2D eigenvalue weighted by molar-refractivity contribution is 6.14. The topological polar surface area (TPSA) is 8.17 Å². The summed E-state index contributed by atoms with van der Waals surface area (Å²) in [5.41, 5.74) is 16.9. The summed E-state index contributed by atoms with van der Waals surface area (Å²) in [4.78, 5) is 2.61. The van der Waals surface area contributed by atoms with Gasteiger partial charge in [0.1, 0.15) is 0 Å². The number of para-hydroxylation sites is 2. The Morgan fingerprint density at radius 1 is 0.559 bits per heavy atom. The van der Waals surface area contributed by atoms with Crippen LogP contribution in [-0.2, 0) is 10.8 Å². The van der Waals surface area contributed by atoms with Gasteiger partial charge in [-0.25, -0.2) is 0 Å². The average Bonchev–Trinajstić information content (AvgIpc) is 3.72. The van der Waals surface area contributed by atoms with Crippen molar-refractivity contribution in [2.45, 2.75) is 58.3 Å².